The topological polar surface area (TPSA) is 29.5 Å². The van der Waals surface area contributed by atoms with Crippen LogP contribution in [0.15, 0.2) is 42.5 Å². The summed E-state index contributed by atoms with van der Waals surface area (Å²) in [6, 6.07) is 13.6. The van der Waals surface area contributed by atoms with E-state index >= 15 is 0 Å². The SMILES string of the molecule is CCCCCCCc1cccc(Oc2ccccc2O)c1CCCCCCC. The summed E-state index contributed by atoms with van der Waals surface area (Å²) in [4.78, 5) is 0. The summed E-state index contributed by atoms with van der Waals surface area (Å²) in [6.45, 7) is 4.52. The minimum absolute atomic E-state index is 0.196. The van der Waals surface area contributed by atoms with Gasteiger partial charge in [0.25, 0.3) is 0 Å². The van der Waals surface area contributed by atoms with Crippen LogP contribution in [0.25, 0.3) is 0 Å². The van der Waals surface area contributed by atoms with Crippen LogP contribution in [0.3, 0.4) is 0 Å². The molecule has 0 spiro atoms. The van der Waals surface area contributed by atoms with Gasteiger partial charge >= 0.3 is 0 Å². The quantitative estimate of drug-likeness (QED) is 0.333. The number of ether oxygens (including phenoxy) is 1. The fourth-order valence-corrected chi connectivity index (χ4v) is 3.71. The summed E-state index contributed by atoms with van der Waals surface area (Å²) in [5.41, 5.74) is 2.75. The van der Waals surface area contributed by atoms with Crippen LogP contribution in [0.4, 0.5) is 0 Å². The number of aryl methyl sites for hydroxylation is 1. The van der Waals surface area contributed by atoms with Crippen LogP contribution in [0.5, 0.6) is 17.2 Å². The van der Waals surface area contributed by atoms with Crippen molar-refractivity contribution in [2.45, 2.75) is 90.9 Å². The second kappa shape index (κ2) is 13.3. The molecule has 0 bridgehead atoms. The lowest BCUT2D eigenvalue weighted by Gasteiger charge is -2.16. The van der Waals surface area contributed by atoms with Crippen molar-refractivity contribution in [3.8, 4) is 17.2 Å². The first-order chi connectivity index (χ1) is 13.8. The number of benzene rings is 2. The zero-order valence-electron chi connectivity index (χ0n) is 17.9. The Morgan fingerprint density at radius 1 is 0.643 bits per heavy atom. The van der Waals surface area contributed by atoms with Gasteiger partial charge in [-0.15, -0.1) is 0 Å². The largest absolute Gasteiger partial charge is 0.504 e. The average Bonchev–Trinajstić information content (AvgIpc) is 2.71. The molecule has 0 aliphatic heterocycles. The van der Waals surface area contributed by atoms with Gasteiger partial charge in [-0.2, -0.15) is 0 Å². The van der Waals surface area contributed by atoms with E-state index in [0.29, 0.717) is 5.75 Å². The molecule has 0 unspecified atom stereocenters. The predicted molar refractivity (Wildman–Crippen MR) is 120 cm³/mol. The van der Waals surface area contributed by atoms with Gasteiger partial charge in [-0.3, -0.25) is 0 Å². The summed E-state index contributed by atoms with van der Waals surface area (Å²) in [5, 5.41) is 10.1. The van der Waals surface area contributed by atoms with Crippen LogP contribution in [0.2, 0.25) is 0 Å². The molecule has 2 nitrogen and oxygen atoms in total. The van der Waals surface area contributed by atoms with E-state index in [9.17, 15) is 5.11 Å². The van der Waals surface area contributed by atoms with E-state index in [1.807, 2.05) is 24.3 Å². The minimum atomic E-state index is 0.196. The molecule has 0 heterocycles. The number of aromatic hydroxyl groups is 1. The molecule has 28 heavy (non-hydrogen) atoms. The standard InChI is InChI=1S/C26H38O2/c1-3-5-7-9-11-16-22-17-15-21-25(23(22)18-12-10-8-6-4-2)28-26-20-14-13-19-24(26)27/h13-15,17,19-21,27H,3-12,16,18H2,1-2H3. The molecule has 0 aromatic heterocycles. The Morgan fingerprint density at radius 2 is 1.25 bits per heavy atom. The molecular formula is C26H38O2. The first-order valence-corrected chi connectivity index (χ1v) is 11.3. The normalized spacial score (nSPS) is 10.9. The van der Waals surface area contributed by atoms with Gasteiger partial charge in [-0.1, -0.05) is 89.5 Å². The molecule has 2 aromatic carbocycles. The Hall–Kier alpha value is -1.96. The molecule has 0 saturated carbocycles. The number of phenols is 1. The van der Waals surface area contributed by atoms with Gasteiger partial charge in [-0.05, 0) is 55.0 Å². The van der Waals surface area contributed by atoms with E-state index < -0.39 is 0 Å². The predicted octanol–water partition coefficient (Wildman–Crippen LogP) is 8.21. The van der Waals surface area contributed by atoms with Gasteiger partial charge in [0.15, 0.2) is 11.5 Å². The number of rotatable bonds is 14. The summed E-state index contributed by atoms with van der Waals surface area (Å²) in [5.74, 6) is 1.64. The lowest BCUT2D eigenvalue weighted by molar-refractivity contribution is 0.408. The Kier molecular flexibility index (Phi) is 10.6. The fourth-order valence-electron chi connectivity index (χ4n) is 3.71. The van der Waals surface area contributed by atoms with Crippen LogP contribution in [-0.4, -0.2) is 5.11 Å². The highest BCUT2D eigenvalue weighted by Crippen LogP contribution is 2.34. The number of hydrogen-bond acceptors (Lipinski definition) is 2. The van der Waals surface area contributed by atoms with E-state index in [-0.39, 0.29) is 5.75 Å². The van der Waals surface area contributed by atoms with Gasteiger partial charge in [0.2, 0.25) is 0 Å². The summed E-state index contributed by atoms with van der Waals surface area (Å²) in [7, 11) is 0. The summed E-state index contributed by atoms with van der Waals surface area (Å²) >= 11 is 0. The van der Waals surface area contributed by atoms with Crippen molar-refractivity contribution in [3.63, 3.8) is 0 Å². The molecule has 154 valence electrons. The highest BCUT2D eigenvalue weighted by Gasteiger charge is 2.12. The van der Waals surface area contributed by atoms with Crippen LogP contribution in [-0.2, 0) is 12.8 Å². The Labute approximate surface area is 172 Å². The van der Waals surface area contributed by atoms with Crippen LogP contribution in [0.1, 0.15) is 89.2 Å². The lowest BCUT2D eigenvalue weighted by Crippen LogP contribution is -2.00. The monoisotopic (exact) mass is 382 g/mol. The average molecular weight is 383 g/mol. The van der Waals surface area contributed by atoms with Crippen LogP contribution < -0.4 is 4.74 Å². The zero-order valence-corrected chi connectivity index (χ0v) is 17.9. The molecule has 0 saturated heterocycles. The number of phenolic OH excluding ortho intramolecular Hbond substituents is 1. The third kappa shape index (κ3) is 7.58. The van der Waals surface area contributed by atoms with Gasteiger partial charge in [0, 0.05) is 0 Å². The fraction of sp³-hybridized carbons (Fsp3) is 0.538. The van der Waals surface area contributed by atoms with Gasteiger partial charge in [0.05, 0.1) is 0 Å². The van der Waals surface area contributed by atoms with E-state index in [1.165, 1.54) is 75.3 Å². The summed E-state index contributed by atoms with van der Waals surface area (Å²) in [6.07, 6.45) is 15.0. The van der Waals surface area contributed by atoms with E-state index in [4.69, 9.17) is 4.74 Å². The van der Waals surface area contributed by atoms with Crippen molar-refractivity contribution in [2.24, 2.45) is 0 Å². The highest BCUT2D eigenvalue weighted by molar-refractivity contribution is 5.46. The van der Waals surface area contributed by atoms with E-state index in [0.717, 1.165) is 18.6 Å². The van der Waals surface area contributed by atoms with Crippen molar-refractivity contribution < 1.29 is 9.84 Å². The van der Waals surface area contributed by atoms with Gasteiger partial charge < -0.3 is 9.84 Å². The second-order valence-electron chi connectivity index (χ2n) is 7.79. The molecule has 2 heteroatoms. The molecule has 1 N–H and O–H groups in total. The molecule has 2 aromatic rings. The maximum absolute atomic E-state index is 10.1. The number of unbranched alkanes of at least 4 members (excludes halogenated alkanes) is 8. The maximum Gasteiger partial charge on any atom is 0.169 e. The van der Waals surface area contributed by atoms with Crippen molar-refractivity contribution in [1.29, 1.82) is 0 Å². The Bertz CT molecular complexity index is 678. The van der Waals surface area contributed by atoms with Gasteiger partial charge in [-0.25, -0.2) is 0 Å². The van der Waals surface area contributed by atoms with Gasteiger partial charge in [0.1, 0.15) is 5.75 Å². The number of para-hydroxylation sites is 2. The van der Waals surface area contributed by atoms with Crippen molar-refractivity contribution in [1.82, 2.24) is 0 Å². The van der Waals surface area contributed by atoms with E-state index in [2.05, 4.69) is 26.0 Å². The molecule has 0 aliphatic carbocycles. The first-order valence-electron chi connectivity index (χ1n) is 11.3. The van der Waals surface area contributed by atoms with Crippen molar-refractivity contribution >= 4 is 0 Å². The molecule has 0 atom stereocenters. The molecule has 0 fully saturated rings. The summed E-state index contributed by atoms with van der Waals surface area (Å²) < 4.78 is 6.15. The smallest absolute Gasteiger partial charge is 0.169 e. The maximum atomic E-state index is 10.1. The third-order valence-corrected chi connectivity index (χ3v) is 5.40. The highest BCUT2D eigenvalue weighted by atomic mass is 16.5. The first kappa shape index (κ1) is 22.3. The van der Waals surface area contributed by atoms with E-state index in [1.54, 1.807) is 6.07 Å². The molecule has 0 radical (unpaired) electrons. The van der Waals surface area contributed by atoms with Crippen LogP contribution in [0, 0.1) is 0 Å². The third-order valence-electron chi connectivity index (χ3n) is 5.40. The molecule has 2 rings (SSSR count). The van der Waals surface area contributed by atoms with Crippen molar-refractivity contribution in [2.75, 3.05) is 0 Å². The van der Waals surface area contributed by atoms with Crippen molar-refractivity contribution in [3.05, 3.63) is 53.6 Å². The zero-order chi connectivity index (χ0) is 20.0. The second-order valence-corrected chi connectivity index (χ2v) is 7.79. The number of hydrogen-bond donors (Lipinski definition) is 1. The Balaban J connectivity index is 2.10. The molecule has 0 amide bonds. The van der Waals surface area contributed by atoms with Crippen LogP contribution >= 0.6 is 0 Å². The molecule has 0 aliphatic rings. The lowest BCUT2D eigenvalue weighted by atomic mass is 9.95. The Morgan fingerprint density at radius 3 is 1.93 bits per heavy atom. The minimum Gasteiger partial charge on any atom is -0.504 e. The molecular weight excluding hydrogens is 344 g/mol.